The Hall–Kier alpha value is -2.56. The Bertz CT molecular complexity index is 1550. The molecule has 3 aromatic carbocycles. The average molecular weight is 602 g/mol. The molecular weight excluding hydrogens is 572 g/mol. The van der Waals surface area contributed by atoms with E-state index in [9.17, 15) is 0 Å². The third-order valence-corrected chi connectivity index (χ3v) is 10.5. The van der Waals surface area contributed by atoms with E-state index in [0.29, 0.717) is 0 Å². The van der Waals surface area contributed by atoms with Gasteiger partial charge in [-0.3, -0.25) is 0 Å². The van der Waals surface area contributed by atoms with E-state index in [1.807, 2.05) is 0 Å². The highest BCUT2D eigenvalue weighted by Crippen LogP contribution is 2.39. The van der Waals surface area contributed by atoms with Crippen molar-refractivity contribution < 1.29 is 0 Å². The van der Waals surface area contributed by atoms with Crippen LogP contribution in [0.2, 0.25) is 0 Å². The molecule has 0 saturated carbocycles. The minimum absolute atomic E-state index is 0.949. The molecule has 0 aliphatic rings. The second-order valence-corrected chi connectivity index (χ2v) is 11.6. The van der Waals surface area contributed by atoms with Crippen molar-refractivity contribution >= 4 is 53.7 Å². The number of benzene rings is 3. The van der Waals surface area contributed by atoms with Gasteiger partial charge in [0, 0.05) is 30.8 Å². The maximum Gasteiger partial charge on any atom is 0.0972 e. The molecule has 0 unspecified atom stereocenters. The van der Waals surface area contributed by atoms with Crippen LogP contribution < -0.4 is 0 Å². The van der Waals surface area contributed by atoms with Crippen LogP contribution in [-0.2, 0) is 0 Å². The number of halogens is 2. The molecule has 0 N–H and O–H groups in total. The van der Waals surface area contributed by atoms with Crippen molar-refractivity contribution in [3.8, 4) is 22.5 Å². The van der Waals surface area contributed by atoms with Crippen molar-refractivity contribution in [3.05, 3.63) is 89.9 Å². The Morgan fingerprint density at radius 1 is 0.417 bits per heavy atom. The van der Waals surface area contributed by atoms with Gasteiger partial charge in [0.2, 0.25) is 0 Å². The highest BCUT2D eigenvalue weighted by atomic mass is 79.9. The highest BCUT2D eigenvalue weighted by Gasteiger charge is 2.18. The SMILES string of the molecule is Cc1c(C)c(-c2ccc3ccc4ccc(-c5c(C)c(C)c(Br)c(C)c5C)nc4c3n2)c(C)c(C)c1Br. The summed E-state index contributed by atoms with van der Waals surface area (Å²) in [4.78, 5) is 10.5. The molecule has 2 nitrogen and oxygen atoms in total. The minimum atomic E-state index is 0.949. The van der Waals surface area contributed by atoms with Crippen LogP contribution in [0, 0.1) is 55.4 Å². The highest BCUT2D eigenvalue weighted by molar-refractivity contribution is 9.10. The molecule has 2 aromatic heterocycles. The van der Waals surface area contributed by atoms with Crippen LogP contribution in [-0.4, -0.2) is 9.97 Å². The van der Waals surface area contributed by atoms with E-state index >= 15 is 0 Å². The van der Waals surface area contributed by atoms with E-state index < -0.39 is 0 Å². The van der Waals surface area contributed by atoms with E-state index in [4.69, 9.17) is 9.97 Å². The second kappa shape index (κ2) is 9.08. The van der Waals surface area contributed by atoms with Gasteiger partial charge in [0.1, 0.15) is 0 Å². The van der Waals surface area contributed by atoms with Gasteiger partial charge in [0.05, 0.1) is 22.4 Å². The van der Waals surface area contributed by atoms with Crippen LogP contribution in [0.3, 0.4) is 0 Å². The number of aromatic nitrogens is 2. The monoisotopic (exact) mass is 600 g/mol. The van der Waals surface area contributed by atoms with Crippen LogP contribution in [0.1, 0.15) is 44.5 Å². The lowest BCUT2D eigenvalue weighted by molar-refractivity contribution is 1.20. The maximum absolute atomic E-state index is 5.25. The number of hydrogen-bond donors (Lipinski definition) is 0. The first-order valence-electron chi connectivity index (χ1n) is 12.3. The first kappa shape index (κ1) is 25.1. The number of nitrogens with zero attached hydrogens (tertiary/aromatic N) is 2. The van der Waals surface area contributed by atoms with E-state index in [1.54, 1.807) is 0 Å². The summed E-state index contributed by atoms with van der Waals surface area (Å²) in [5.41, 5.74) is 16.4. The standard InChI is InChI=1S/C32H30Br2N2/c1-15-19(5)29(33)20(6)16(2)27(15)25-13-11-23-9-10-24-12-14-26(36-32(24)31(23)35-25)28-17(3)21(7)30(34)22(8)18(28)4/h9-14H,1-8H3. The summed E-state index contributed by atoms with van der Waals surface area (Å²) in [6.45, 7) is 17.5. The van der Waals surface area contributed by atoms with Crippen molar-refractivity contribution in [3.63, 3.8) is 0 Å². The molecule has 0 bridgehead atoms. The summed E-state index contributed by atoms with van der Waals surface area (Å²) in [5.74, 6) is 0. The lowest BCUT2D eigenvalue weighted by Crippen LogP contribution is -2.00. The molecule has 2 heterocycles. The zero-order chi connectivity index (χ0) is 26.0. The molecule has 0 aliphatic heterocycles. The van der Waals surface area contributed by atoms with Crippen LogP contribution in [0.25, 0.3) is 44.3 Å². The zero-order valence-electron chi connectivity index (χ0n) is 22.1. The van der Waals surface area contributed by atoms with Gasteiger partial charge in [-0.2, -0.15) is 0 Å². The third kappa shape index (κ3) is 3.72. The Morgan fingerprint density at radius 2 is 0.694 bits per heavy atom. The normalized spacial score (nSPS) is 11.6. The Labute approximate surface area is 230 Å². The van der Waals surface area contributed by atoms with Gasteiger partial charge in [-0.25, -0.2) is 9.97 Å². The lowest BCUT2D eigenvalue weighted by atomic mass is 9.91. The predicted molar refractivity (Wildman–Crippen MR) is 161 cm³/mol. The first-order chi connectivity index (χ1) is 17.0. The largest absolute Gasteiger partial charge is 0.245 e. The number of pyridine rings is 2. The van der Waals surface area contributed by atoms with E-state index in [2.05, 4.69) is 124 Å². The molecule has 5 rings (SSSR count). The fourth-order valence-electron chi connectivity index (χ4n) is 5.35. The van der Waals surface area contributed by atoms with Crippen LogP contribution in [0.4, 0.5) is 0 Å². The van der Waals surface area contributed by atoms with Crippen molar-refractivity contribution in [2.75, 3.05) is 0 Å². The molecule has 182 valence electrons. The molecule has 4 heteroatoms. The average Bonchev–Trinajstić information content (AvgIpc) is 2.88. The fraction of sp³-hybridized carbons (Fsp3) is 0.250. The molecule has 0 spiro atoms. The summed E-state index contributed by atoms with van der Waals surface area (Å²) in [7, 11) is 0. The third-order valence-electron chi connectivity index (χ3n) is 8.10. The topological polar surface area (TPSA) is 25.8 Å². The minimum Gasteiger partial charge on any atom is -0.245 e. The van der Waals surface area contributed by atoms with Gasteiger partial charge >= 0.3 is 0 Å². The van der Waals surface area contributed by atoms with Crippen molar-refractivity contribution in [1.29, 1.82) is 0 Å². The molecule has 5 aromatic rings. The second-order valence-electron chi connectivity index (χ2n) is 9.98. The first-order valence-corrected chi connectivity index (χ1v) is 13.8. The smallest absolute Gasteiger partial charge is 0.0972 e. The van der Waals surface area contributed by atoms with Gasteiger partial charge in [0.25, 0.3) is 0 Å². The maximum atomic E-state index is 5.25. The van der Waals surface area contributed by atoms with Gasteiger partial charge in [-0.15, -0.1) is 0 Å². The summed E-state index contributed by atoms with van der Waals surface area (Å²) in [5, 5.41) is 2.21. The number of hydrogen-bond acceptors (Lipinski definition) is 2. The van der Waals surface area contributed by atoms with E-state index in [1.165, 1.54) is 64.6 Å². The molecule has 0 radical (unpaired) electrons. The molecular formula is C32H30Br2N2. The van der Waals surface area contributed by atoms with E-state index in [0.717, 1.165) is 33.2 Å². The quantitative estimate of drug-likeness (QED) is 0.188. The molecule has 0 atom stereocenters. The van der Waals surface area contributed by atoms with Crippen molar-refractivity contribution in [2.24, 2.45) is 0 Å². The predicted octanol–water partition coefficient (Wildman–Crippen LogP) is 10.1. The van der Waals surface area contributed by atoms with Gasteiger partial charge in [-0.1, -0.05) is 56.1 Å². The van der Waals surface area contributed by atoms with Crippen molar-refractivity contribution in [1.82, 2.24) is 9.97 Å². The summed E-state index contributed by atoms with van der Waals surface area (Å²) >= 11 is 7.57. The Kier molecular flexibility index (Phi) is 6.33. The van der Waals surface area contributed by atoms with Gasteiger partial charge in [-0.05, 0) is 112 Å². The number of fused-ring (bicyclic) bond motifs is 3. The number of rotatable bonds is 2. The molecule has 0 fully saturated rings. The molecule has 36 heavy (non-hydrogen) atoms. The van der Waals surface area contributed by atoms with Gasteiger partial charge < -0.3 is 0 Å². The lowest BCUT2D eigenvalue weighted by Gasteiger charge is -2.19. The molecule has 0 amide bonds. The van der Waals surface area contributed by atoms with Crippen LogP contribution >= 0.6 is 31.9 Å². The zero-order valence-corrected chi connectivity index (χ0v) is 25.3. The molecule has 0 aliphatic carbocycles. The molecule has 0 saturated heterocycles. The Morgan fingerprint density at radius 3 is 1.00 bits per heavy atom. The van der Waals surface area contributed by atoms with Gasteiger partial charge in [0.15, 0.2) is 0 Å². The van der Waals surface area contributed by atoms with E-state index in [-0.39, 0.29) is 0 Å². The Balaban J connectivity index is 1.81. The van der Waals surface area contributed by atoms with Crippen LogP contribution in [0.5, 0.6) is 0 Å². The summed E-state index contributed by atoms with van der Waals surface area (Å²) < 4.78 is 2.37. The van der Waals surface area contributed by atoms with Crippen LogP contribution in [0.15, 0.2) is 45.3 Å². The summed E-state index contributed by atoms with van der Waals surface area (Å²) in [6, 6.07) is 13.0. The summed E-state index contributed by atoms with van der Waals surface area (Å²) in [6.07, 6.45) is 0. The van der Waals surface area contributed by atoms with Crippen molar-refractivity contribution in [2.45, 2.75) is 55.4 Å². The fourth-order valence-corrected chi connectivity index (χ4v) is 6.54.